The van der Waals surface area contributed by atoms with E-state index in [-0.39, 0.29) is 6.03 Å². The van der Waals surface area contributed by atoms with Gasteiger partial charge in [0.1, 0.15) is 0 Å². The molecule has 1 aliphatic heterocycles. The molecular formula is C16H19N3O3S. The Morgan fingerprint density at radius 2 is 2.09 bits per heavy atom. The molecule has 1 saturated heterocycles. The fourth-order valence-electron chi connectivity index (χ4n) is 2.51. The Kier molecular flexibility index (Phi) is 4.21. The lowest BCUT2D eigenvalue weighted by Gasteiger charge is -2.36. The number of carbonyl (C=O) groups is 1. The summed E-state index contributed by atoms with van der Waals surface area (Å²) in [5.41, 5.74) is 0.898. The van der Waals surface area contributed by atoms with E-state index in [0.29, 0.717) is 30.4 Å². The molecule has 1 fully saturated rings. The Bertz CT molecular complexity index is 727. The van der Waals surface area contributed by atoms with Gasteiger partial charge in [0.2, 0.25) is 0 Å². The average Bonchev–Trinajstić information content (AvgIpc) is 2.99. The smallest absolute Gasteiger partial charge is 0.323 e. The van der Waals surface area contributed by atoms with Crippen molar-refractivity contribution in [2.24, 2.45) is 0 Å². The minimum absolute atomic E-state index is 0.248. The average molecular weight is 333 g/mol. The van der Waals surface area contributed by atoms with Crippen LogP contribution in [0.2, 0.25) is 0 Å². The lowest BCUT2D eigenvalue weighted by atomic mass is 10.2. The number of amides is 2. The first-order valence-electron chi connectivity index (χ1n) is 7.42. The molecule has 0 spiro atoms. The molecule has 1 aromatic heterocycles. The molecule has 3 rings (SSSR count). The van der Waals surface area contributed by atoms with Crippen molar-refractivity contribution in [2.75, 3.05) is 24.2 Å². The highest BCUT2D eigenvalue weighted by Gasteiger charge is 2.35. The predicted molar refractivity (Wildman–Crippen MR) is 89.6 cm³/mol. The van der Waals surface area contributed by atoms with Crippen molar-refractivity contribution < 1.29 is 13.5 Å². The fourth-order valence-corrected chi connectivity index (χ4v) is 3.75. The van der Waals surface area contributed by atoms with Crippen molar-refractivity contribution in [1.82, 2.24) is 10.1 Å². The Hall–Kier alpha value is -2.15. The van der Waals surface area contributed by atoms with Gasteiger partial charge in [-0.3, -0.25) is 9.53 Å². The Morgan fingerprint density at radius 3 is 2.78 bits per heavy atom. The van der Waals surface area contributed by atoms with Crippen LogP contribution in [-0.2, 0) is 10.8 Å². The molecule has 0 radical (unpaired) electrons. The van der Waals surface area contributed by atoms with E-state index >= 15 is 0 Å². The molecule has 0 bridgehead atoms. The lowest BCUT2D eigenvalue weighted by molar-refractivity contribution is 0.207. The van der Waals surface area contributed by atoms with Crippen molar-refractivity contribution in [1.29, 1.82) is 0 Å². The maximum absolute atomic E-state index is 12.3. The highest BCUT2D eigenvalue weighted by atomic mass is 32.2. The Balaban J connectivity index is 1.67. The predicted octanol–water partition coefficient (Wildman–Crippen LogP) is 2.72. The van der Waals surface area contributed by atoms with Gasteiger partial charge in [-0.2, -0.15) is 0 Å². The molecule has 1 aromatic carbocycles. The number of urea groups is 1. The largest absolute Gasteiger partial charge is 0.354 e. The zero-order valence-electron chi connectivity index (χ0n) is 13.1. The molecule has 6 nitrogen and oxygen atoms in total. The van der Waals surface area contributed by atoms with Gasteiger partial charge in [-0.15, -0.1) is 0 Å². The first-order chi connectivity index (χ1) is 11.0. The van der Waals surface area contributed by atoms with Crippen LogP contribution in [0.3, 0.4) is 0 Å². The van der Waals surface area contributed by atoms with Crippen molar-refractivity contribution in [2.45, 2.75) is 18.6 Å². The number of benzene rings is 1. The molecule has 1 atom stereocenters. The van der Waals surface area contributed by atoms with Gasteiger partial charge in [-0.1, -0.05) is 35.5 Å². The molecule has 2 heterocycles. The van der Waals surface area contributed by atoms with E-state index < -0.39 is 15.5 Å². The Morgan fingerprint density at radius 1 is 1.35 bits per heavy atom. The van der Waals surface area contributed by atoms with Crippen LogP contribution in [0.5, 0.6) is 0 Å². The van der Waals surface area contributed by atoms with Gasteiger partial charge in [0.15, 0.2) is 11.6 Å². The molecular weight excluding hydrogens is 314 g/mol. The normalized spacial score (nSPS) is 20.3. The summed E-state index contributed by atoms with van der Waals surface area (Å²) < 4.78 is 16.8. The summed E-state index contributed by atoms with van der Waals surface area (Å²) in [7, 11) is -0.911. The zero-order chi connectivity index (χ0) is 16.4. The third-order valence-corrected chi connectivity index (χ3v) is 5.74. The number of hydrogen-bond donors (Lipinski definition) is 1. The number of nitrogens with one attached hydrogen (secondary N) is 1. The highest BCUT2D eigenvalue weighted by Crippen LogP contribution is 2.23. The number of hydrogen-bond acceptors (Lipinski definition) is 4. The molecule has 122 valence electrons. The van der Waals surface area contributed by atoms with E-state index in [0.717, 1.165) is 5.56 Å². The minimum atomic E-state index is -0.911. The summed E-state index contributed by atoms with van der Waals surface area (Å²) in [4.78, 5) is 14.0. The van der Waals surface area contributed by atoms with E-state index in [4.69, 9.17) is 4.52 Å². The minimum Gasteiger partial charge on any atom is -0.354 e. The van der Waals surface area contributed by atoms with Crippen molar-refractivity contribution >= 4 is 22.6 Å². The standard InChI is InChI=1S/C16H19N3O3S/c1-16(2)11-19(8-9-23(16)21)15(20)17-14-10-13(22-18-14)12-6-4-3-5-7-12/h3-7,10H,8-9,11H2,1-2H3,(H,17,18,20)/t23-/m0/s1. The van der Waals surface area contributed by atoms with Crippen LogP contribution in [0, 0.1) is 0 Å². The topological polar surface area (TPSA) is 75.4 Å². The van der Waals surface area contributed by atoms with Crippen LogP contribution in [0.4, 0.5) is 10.6 Å². The molecule has 0 saturated carbocycles. The van der Waals surface area contributed by atoms with Crippen LogP contribution in [0.15, 0.2) is 40.9 Å². The van der Waals surface area contributed by atoms with E-state index in [2.05, 4.69) is 10.5 Å². The molecule has 1 aliphatic rings. The second-order valence-electron chi connectivity index (χ2n) is 6.10. The summed E-state index contributed by atoms with van der Waals surface area (Å²) in [6.45, 7) is 4.75. The summed E-state index contributed by atoms with van der Waals surface area (Å²) in [5.74, 6) is 1.47. The second kappa shape index (κ2) is 6.16. The molecule has 1 N–H and O–H groups in total. The maximum Gasteiger partial charge on any atom is 0.323 e. The summed E-state index contributed by atoms with van der Waals surface area (Å²) in [6.07, 6.45) is 0. The first-order valence-corrected chi connectivity index (χ1v) is 8.74. The summed E-state index contributed by atoms with van der Waals surface area (Å²) in [6, 6.07) is 11.0. The van der Waals surface area contributed by atoms with Gasteiger partial charge in [0.05, 0.1) is 4.75 Å². The lowest BCUT2D eigenvalue weighted by Crippen LogP contribution is -2.53. The number of aromatic nitrogens is 1. The number of carbonyl (C=O) groups excluding carboxylic acids is 1. The number of anilines is 1. The third kappa shape index (κ3) is 3.44. The van der Waals surface area contributed by atoms with E-state index in [1.165, 1.54) is 0 Å². The first kappa shape index (κ1) is 15.7. The fraction of sp³-hybridized carbons (Fsp3) is 0.375. The number of nitrogens with zero attached hydrogens (tertiary/aromatic N) is 2. The van der Waals surface area contributed by atoms with Crippen LogP contribution in [0.1, 0.15) is 13.8 Å². The summed E-state index contributed by atoms with van der Waals surface area (Å²) >= 11 is 0. The van der Waals surface area contributed by atoms with Crippen LogP contribution >= 0.6 is 0 Å². The van der Waals surface area contributed by atoms with Gasteiger partial charge in [0.25, 0.3) is 0 Å². The molecule has 2 aromatic rings. The molecule has 2 amide bonds. The monoisotopic (exact) mass is 333 g/mol. The van der Waals surface area contributed by atoms with Gasteiger partial charge in [0, 0.05) is 41.3 Å². The van der Waals surface area contributed by atoms with Crippen molar-refractivity contribution in [3.05, 3.63) is 36.4 Å². The quantitative estimate of drug-likeness (QED) is 0.917. The van der Waals surface area contributed by atoms with Crippen LogP contribution < -0.4 is 5.32 Å². The molecule has 0 aliphatic carbocycles. The van der Waals surface area contributed by atoms with E-state index in [1.807, 2.05) is 44.2 Å². The zero-order valence-corrected chi connectivity index (χ0v) is 13.9. The van der Waals surface area contributed by atoms with Crippen LogP contribution in [-0.4, -0.2) is 43.9 Å². The molecule has 7 heteroatoms. The van der Waals surface area contributed by atoms with Gasteiger partial charge >= 0.3 is 6.03 Å². The maximum atomic E-state index is 12.3. The van der Waals surface area contributed by atoms with Gasteiger partial charge in [-0.25, -0.2) is 4.79 Å². The van der Waals surface area contributed by atoms with Gasteiger partial charge < -0.3 is 9.42 Å². The second-order valence-corrected chi connectivity index (χ2v) is 8.31. The van der Waals surface area contributed by atoms with Crippen molar-refractivity contribution in [3.63, 3.8) is 0 Å². The SMILES string of the molecule is CC1(C)CN(C(=O)Nc2cc(-c3ccccc3)on2)CC[S@@]1=O. The highest BCUT2D eigenvalue weighted by molar-refractivity contribution is 7.86. The summed E-state index contributed by atoms with van der Waals surface area (Å²) in [5, 5.41) is 6.62. The van der Waals surface area contributed by atoms with Gasteiger partial charge in [-0.05, 0) is 13.8 Å². The Labute approximate surface area is 137 Å². The van der Waals surface area contributed by atoms with Crippen LogP contribution in [0.25, 0.3) is 11.3 Å². The molecule has 0 unspecified atom stereocenters. The molecule has 23 heavy (non-hydrogen) atoms. The third-order valence-electron chi connectivity index (χ3n) is 3.83. The van der Waals surface area contributed by atoms with E-state index in [9.17, 15) is 9.00 Å². The van der Waals surface area contributed by atoms with E-state index in [1.54, 1.807) is 11.0 Å². The number of rotatable bonds is 2. The van der Waals surface area contributed by atoms with Crippen molar-refractivity contribution in [3.8, 4) is 11.3 Å².